The lowest BCUT2D eigenvalue weighted by molar-refractivity contribution is -0.118. The Bertz CT molecular complexity index is 768. The monoisotopic (exact) mass is 341 g/mol. The molecule has 0 fully saturated rings. The molecule has 0 radical (unpaired) electrons. The number of Topliss-reactive ketones (excluding diaryl/α,β-unsaturated/α-hetero) is 1. The first-order valence-electron chi connectivity index (χ1n) is 7.79. The summed E-state index contributed by atoms with van der Waals surface area (Å²) >= 11 is 0. The van der Waals surface area contributed by atoms with E-state index in [1.54, 1.807) is 42.5 Å². The molecule has 0 bridgehead atoms. The van der Waals surface area contributed by atoms with Gasteiger partial charge in [0.1, 0.15) is 6.29 Å². The largest absolute Gasteiger partial charge is 0.490 e. The zero-order chi connectivity index (χ0) is 18.2. The molecule has 0 unspecified atom stereocenters. The lowest BCUT2D eigenvalue weighted by Crippen LogP contribution is -2.20. The first-order valence-corrected chi connectivity index (χ1v) is 7.79. The molecular weight excluding hydrogens is 322 g/mol. The first-order chi connectivity index (χ1) is 12.0. The van der Waals surface area contributed by atoms with Gasteiger partial charge in [-0.2, -0.15) is 0 Å². The summed E-state index contributed by atoms with van der Waals surface area (Å²) in [6.45, 7) is 3.49. The molecule has 6 heteroatoms. The van der Waals surface area contributed by atoms with Crippen LogP contribution >= 0.6 is 0 Å². The van der Waals surface area contributed by atoms with Gasteiger partial charge in [-0.3, -0.25) is 14.4 Å². The van der Waals surface area contributed by atoms with Crippen molar-refractivity contribution in [1.82, 2.24) is 0 Å². The molecule has 1 N–H and O–H groups in total. The van der Waals surface area contributed by atoms with Gasteiger partial charge in [0.25, 0.3) is 5.91 Å². The third kappa shape index (κ3) is 5.17. The first kappa shape index (κ1) is 18.2. The summed E-state index contributed by atoms with van der Waals surface area (Å²) in [6, 6.07) is 11.3. The second kappa shape index (κ2) is 8.63. The number of nitrogens with one attached hydrogen (secondary N) is 1. The lowest BCUT2D eigenvalue weighted by Gasteiger charge is -2.12. The highest BCUT2D eigenvalue weighted by atomic mass is 16.5. The van der Waals surface area contributed by atoms with Crippen LogP contribution in [0.15, 0.2) is 42.5 Å². The molecule has 0 aromatic heterocycles. The quantitative estimate of drug-likeness (QED) is 0.589. The van der Waals surface area contributed by atoms with Crippen LogP contribution in [-0.2, 0) is 4.79 Å². The second-order valence-corrected chi connectivity index (χ2v) is 5.23. The van der Waals surface area contributed by atoms with E-state index in [1.807, 2.05) is 6.92 Å². The van der Waals surface area contributed by atoms with Gasteiger partial charge in [0.15, 0.2) is 23.9 Å². The average Bonchev–Trinajstić information content (AvgIpc) is 2.61. The maximum atomic E-state index is 12.0. The van der Waals surface area contributed by atoms with Gasteiger partial charge in [-0.05, 0) is 56.3 Å². The maximum Gasteiger partial charge on any atom is 0.262 e. The van der Waals surface area contributed by atoms with Crippen molar-refractivity contribution in [2.75, 3.05) is 18.5 Å². The number of benzene rings is 2. The van der Waals surface area contributed by atoms with Crippen LogP contribution in [0.25, 0.3) is 0 Å². The normalized spacial score (nSPS) is 10.0. The molecule has 2 rings (SSSR count). The molecule has 0 aliphatic rings. The average molecular weight is 341 g/mol. The van der Waals surface area contributed by atoms with E-state index in [0.717, 1.165) is 0 Å². The number of ketones is 1. The predicted molar refractivity (Wildman–Crippen MR) is 93.6 cm³/mol. The number of carbonyl (C=O) groups excluding carboxylic acids is 3. The maximum absolute atomic E-state index is 12.0. The third-order valence-corrected chi connectivity index (χ3v) is 3.34. The Morgan fingerprint density at radius 3 is 2.36 bits per heavy atom. The molecule has 0 saturated carbocycles. The number of ether oxygens (including phenoxy) is 2. The van der Waals surface area contributed by atoms with Crippen molar-refractivity contribution < 1.29 is 23.9 Å². The van der Waals surface area contributed by atoms with Gasteiger partial charge in [-0.15, -0.1) is 0 Å². The number of aldehydes is 1. The fraction of sp³-hybridized carbons (Fsp3) is 0.211. The number of hydrogen-bond acceptors (Lipinski definition) is 5. The van der Waals surface area contributed by atoms with Crippen molar-refractivity contribution in [3.05, 3.63) is 53.6 Å². The van der Waals surface area contributed by atoms with E-state index in [1.165, 1.54) is 6.92 Å². The Labute approximate surface area is 145 Å². The Kier molecular flexibility index (Phi) is 6.28. The molecule has 0 saturated heterocycles. The summed E-state index contributed by atoms with van der Waals surface area (Å²) in [7, 11) is 0. The number of rotatable bonds is 8. The Morgan fingerprint density at radius 1 is 1.04 bits per heavy atom. The van der Waals surface area contributed by atoms with Gasteiger partial charge in [-0.25, -0.2) is 0 Å². The Balaban J connectivity index is 1.97. The highest BCUT2D eigenvalue weighted by Gasteiger charge is 2.10. The van der Waals surface area contributed by atoms with Gasteiger partial charge in [0.05, 0.1) is 6.61 Å². The minimum absolute atomic E-state index is 0.0385. The summed E-state index contributed by atoms with van der Waals surface area (Å²) in [4.78, 5) is 34.1. The lowest BCUT2D eigenvalue weighted by atomic mass is 10.1. The Hall–Kier alpha value is -3.15. The van der Waals surface area contributed by atoms with Gasteiger partial charge in [-0.1, -0.05) is 0 Å². The van der Waals surface area contributed by atoms with E-state index < -0.39 is 0 Å². The predicted octanol–water partition coefficient (Wildman–Crippen LogP) is 3.12. The molecule has 0 aliphatic carbocycles. The number of amides is 1. The SMILES string of the molecule is CCOc1cc(C=O)ccc1OCC(=O)Nc1ccc(C(C)=O)cc1. The van der Waals surface area contributed by atoms with Crippen LogP contribution in [0.2, 0.25) is 0 Å². The number of anilines is 1. The smallest absolute Gasteiger partial charge is 0.262 e. The van der Waals surface area contributed by atoms with E-state index in [-0.39, 0.29) is 18.3 Å². The molecule has 2 aromatic rings. The summed E-state index contributed by atoms with van der Waals surface area (Å²) < 4.78 is 10.9. The highest BCUT2D eigenvalue weighted by molar-refractivity contribution is 5.96. The molecule has 0 aliphatic heterocycles. The van der Waals surface area contributed by atoms with E-state index in [9.17, 15) is 14.4 Å². The van der Waals surface area contributed by atoms with E-state index in [0.29, 0.717) is 41.2 Å². The summed E-state index contributed by atoms with van der Waals surface area (Å²) in [5.74, 6) is 0.404. The fourth-order valence-corrected chi connectivity index (χ4v) is 2.11. The van der Waals surface area contributed by atoms with Crippen LogP contribution in [0.1, 0.15) is 34.6 Å². The molecule has 0 spiro atoms. The standard InChI is InChI=1S/C19H19NO5/c1-3-24-18-10-14(11-21)4-9-17(18)25-12-19(23)20-16-7-5-15(6-8-16)13(2)22/h4-11H,3,12H2,1-2H3,(H,20,23). The molecule has 6 nitrogen and oxygen atoms in total. The van der Waals surface area contributed by atoms with Crippen molar-refractivity contribution in [2.45, 2.75) is 13.8 Å². The van der Waals surface area contributed by atoms with Gasteiger partial charge in [0.2, 0.25) is 0 Å². The van der Waals surface area contributed by atoms with E-state index in [2.05, 4.69) is 5.32 Å². The minimum Gasteiger partial charge on any atom is -0.490 e. The zero-order valence-corrected chi connectivity index (χ0v) is 14.1. The van der Waals surface area contributed by atoms with Crippen LogP contribution in [0.5, 0.6) is 11.5 Å². The van der Waals surface area contributed by atoms with Crippen molar-refractivity contribution in [3.63, 3.8) is 0 Å². The molecule has 0 heterocycles. The van der Waals surface area contributed by atoms with Crippen molar-refractivity contribution in [1.29, 1.82) is 0 Å². The highest BCUT2D eigenvalue weighted by Crippen LogP contribution is 2.28. The number of hydrogen-bond donors (Lipinski definition) is 1. The van der Waals surface area contributed by atoms with Gasteiger partial charge < -0.3 is 14.8 Å². The molecule has 25 heavy (non-hydrogen) atoms. The molecule has 2 aromatic carbocycles. The van der Waals surface area contributed by atoms with E-state index in [4.69, 9.17) is 9.47 Å². The van der Waals surface area contributed by atoms with Crippen LogP contribution in [0.3, 0.4) is 0 Å². The Morgan fingerprint density at radius 2 is 1.76 bits per heavy atom. The molecule has 130 valence electrons. The molecular formula is C19H19NO5. The molecule has 0 atom stereocenters. The number of carbonyl (C=O) groups is 3. The van der Waals surface area contributed by atoms with Crippen LogP contribution in [0.4, 0.5) is 5.69 Å². The van der Waals surface area contributed by atoms with Crippen molar-refractivity contribution in [2.24, 2.45) is 0 Å². The van der Waals surface area contributed by atoms with Crippen LogP contribution in [-0.4, -0.2) is 31.2 Å². The van der Waals surface area contributed by atoms with Gasteiger partial charge in [0, 0.05) is 16.8 Å². The third-order valence-electron chi connectivity index (χ3n) is 3.34. The zero-order valence-electron chi connectivity index (χ0n) is 14.1. The second-order valence-electron chi connectivity index (χ2n) is 5.23. The van der Waals surface area contributed by atoms with Crippen LogP contribution in [0, 0.1) is 0 Å². The van der Waals surface area contributed by atoms with Crippen LogP contribution < -0.4 is 14.8 Å². The topological polar surface area (TPSA) is 81.7 Å². The van der Waals surface area contributed by atoms with Gasteiger partial charge >= 0.3 is 0 Å². The summed E-state index contributed by atoms with van der Waals surface area (Å²) in [5.41, 5.74) is 1.61. The summed E-state index contributed by atoms with van der Waals surface area (Å²) in [5, 5.41) is 2.68. The van der Waals surface area contributed by atoms with Crippen molar-refractivity contribution >= 4 is 23.7 Å². The van der Waals surface area contributed by atoms with Crippen molar-refractivity contribution in [3.8, 4) is 11.5 Å². The fourth-order valence-electron chi connectivity index (χ4n) is 2.11. The summed E-state index contributed by atoms with van der Waals surface area (Å²) in [6.07, 6.45) is 0.712. The van der Waals surface area contributed by atoms with E-state index >= 15 is 0 Å². The molecule has 1 amide bonds. The minimum atomic E-state index is -0.350.